The van der Waals surface area contributed by atoms with Gasteiger partial charge in [0.1, 0.15) is 5.75 Å². The topological polar surface area (TPSA) is 49.9 Å². The molecule has 18 heavy (non-hydrogen) atoms. The van der Waals surface area contributed by atoms with Gasteiger partial charge in [0.15, 0.2) is 0 Å². The number of benzene rings is 1. The summed E-state index contributed by atoms with van der Waals surface area (Å²) in [5, 5.41) is 10.0. The molecule has 2 aromatic rings. The first-order valence-corrected chi connectivity index (χ1v) is 6.99. The van der Waals surface area contributed by atoms with Gasteiger partial charge in [-0.1, -0.05) is 15.9 Å². The predicted molar refractivity (Wildman–Crippen MR) is 77.5 cm³/mol. The molecule has 1 aromatic carbocycles. The Morgan fingerprint density at radius 1 is 1.33 bits per heavy atom. The minimum atomic E-state index is 0.729. The number of hydrogen-bond donors (Lipinski definition) is 2. The van der Waals surface area contributed by atoms with Crippen molar-refractivity contribution in [2.75, 3.05) is 7.11 Å². The molecule has 0 amide bonds. The standard InChI is InChI=1S/C12H13Br2N3O/c1-18-12-9(2-10(13)3-11(12)14)7-15-4-8-5-16-17-6-8/h2-3,5-6,15H,4,7H2,1H3,(H,16,17). The molecule has 96 valence electrons. The van der Waals surface area contributed by atoms with E-state index in [1.54, 1.807) is 13.3 Å². The number of hydrogen-bond acceptors (Lipinski definition) is 3. The first-order valence-electron chi connectivity index (χ1n) is 5.41. The van der Waals surface area contributed by atoms with Crippen LogP contribution in [-0.4, -0.2) is 17.3 Å². The zero-order valence-electron chi connectivity index (χ0n) is 9.84. The number of nitrogens with zero attached hydrogens (tertiary/aromatic N) is 1. The van der Waals surface area contributed by atoms with E-state index in [0.29, 0.717) is 0 Å². The molecule has 0 aliphatic heterocycles. The Bertz CT molecular complexity index is 514. The van der Waals surface area contributed by atoms with Crippen molar-refractivity contribution in [2.45, 2.75) is 13.1 Å². The van der Waals surface area contributed by atoms with Crippen molar-refractivity contribution in [3.05, 3.63) is 44.6 Å². The van der Waals surface area contributed by atoms with Crippen LogP contribution in [0.25, 0.3) is 0 Å². The third kappa shape index (κ3) is 3.34. The Balaban J connectivity index is 2.04. The summed E-state index contributed by atoms with van der Waals surface area (Å²) in [6.07, 6.45) is 3.68. The Labute approximate surface area is 122 Å². The molecule has 0 atom stereocenters. The van der Waals surface area contributed by atoms with Crippen LogP contribution in [0.2, 0.25) is 0 Å². The number of rotatable bonds is 5. The van der Waals surface area contributed by atoms with E-state index in [1.807, 2.05) is 18.3 Å². The van der Waals surface area contributed by atoms with E-state index < -0.39 is 0 Å². The average molecular weight is 375 g/mol. The van der Waals surface area contributed by atoms with Crippen LogP contribution in [0.5, 0.6) is 5.75 Å². The minimum Gasteiger partial charge on any atom is -0.495 e. The maximum atomic E-state index is 5.39. The zero-order chi connectivity index (χ0) is 13.0. The van der Waals surface area contributed by atoms with Gasteiger partial charge in [-0.05, 0) is 28.1 Å². The summed E-state index contributed by atoms with van der Waals surface area (Å²) in [5.41, 5.74) is 2.23. The van der Waals surface area contributed by atoms with E-state index >= 15 is 0 Å². The molecular formula is C12H13Br2N3O. The summed E-state index contributed by atoms with van der Waals surface area (Å²) in [7, 11) is 1.67. The average Bonchev–Trinajstić information content (AvgIpc) is 2.81. The Kier molecular flexibility index (Phi) is 4.79. The highest BCUT2D eigenvalue weighted by atomic mass is 79.9. The molecule has 4 nitrogen and oxygen atoms in total. The molecule has 0 bridgehead atoms. The normalized spacial score (nSPS) is 10.6. The van der Waals surface area contributed by atoms with Crippen LogP contribution in [0.4, 0.5) is 0 Å². The highest BCUT2D eigenvalue weighted by Crippen LogP contribution is 2.32. The monoisotopic (exact) mass is 373 g/mol. The van der Waals surface area contributed by atoms with Gasteiger partial charge in [0.2, 0.25) is 0 Å². The van der Waals surface area contributed by atoms with Gasteiger partial charge >= 0.3 is 0 Å². The van der Waals surface area contributed by atoms with Gasteiger partial charge in [-0.3, -0.25) is 5.10 Å². The van der Waals surface area contributed by atoms with Crippen molar-refractivity contribution in [1.82, 2.24) is 15.5 Å². The molecule has 0 radical (unpaired) electrons. The number of aromatic amines is 1. The van der Waals surface area contributed by atoms with Gasteiger partial charge < -0.3 is 10.1 Å². The van der Waals surface area contributed by atoms with E-state index in [-0.39, 0.29) is 0 Å². The van der Waals surface area contributed by atoms with Gasteiger partial charge in [-0.2, -0.15) is 5.10 Å². The highest BCUT2D eigenvalue weighted by Gasteiger charge is 2.08. The smallest absolute Gasteiger partial charge is 0.137 e. The summed E-state index contributed by atoms with van der Waals surface area (Å²) in [6.45, 7) is 1.50. The van der Waals surface area contributed by atoms with Crippen LogP contribution >= 0.6 is 31.9 Å². The zero-order valence-corrected chi connectivity index (χ0v) is 13.0. The molecule has 0 fully saturated rings. The van der Waals surface area contributed by atoms with Gasteiger partial charge in [-0.25, -0.2) is 0 Å². The molecular weight excluding hydrogens is 362 g/mol. The van der Waals surface area contributed by atoms with Crippen LogP contribution < -0.4 is 10.1 Å². The lowest BCUT2D eigenvalue weighted by Crippen LogP contribution is -2.13. The molecule has 0 spiro atoms. The quantitative estimate of drug-likeness (QED) is 0.844. The largest absolute Gasteiger partial charge is 0.495 e. The van der Waals surface area contributed by atoms with Crippen molar-refractivity contribution in [2.24, 2.45) is 0 Å². The lowest BCUT2D eigenvalue weighted by Gasteiger charge is -2.12. The fraction of sp³-hybridized carbons (Fsp3) is 0.250. The van der Waals surface area contributed by atoms with Crippen LogP contribution in [0, 0.1) is 0 Å². The van der Waals surface area contributed by atoms with Gasteiger partial charge in [0.05, 0.1) is 17.8 Å². The number of nitrogens with one attached hydrogen (secondary N) is 2. The van der Waals surface area contributed by atoms with E-state index in [4.69, 9.17) is 4.74 Å². The fourth-order valence-corrected chi connectivity index (χ4v) is 3.16. The summed E-state index contributed by atoms with van der Waals surface area (Å²) in [6, 6.07) is 4.02. The highest BCUT2D eigenvalue weighted by molar-refractivity contribution is 9.11. The SMILES string of the molecule is COc1c(Br)cc(Br)cc1CNCc1cn[nH]c1. The second-order valence-electron chi connectivity index (χ2n) is 3.79. The van der Waals surface area contributed by atoms with Crippen molar-refractivity contribution >= 4 is 31.9 Å². The number of ether oxygens (including phenoxy) is 1. The van der Waals surface area contributed by atoms with Crippen LogP contribution in [0.3, 0.4) is 0 Å². The first-order chi connectivity index (χ1) is 8.70. The maximum absolute atomic E-state index is 5.39. The maximum Gasteiger partial charge on any atom is 0.137 e. The molecule has 6 heteroatoms. The molecule has 1 aromatic heterocycles. The first kappa shape index (κ1) is 13.6. The predicted octanol–water partition coefficient (Wildman–Crippen LogP) is 3.23. The molecule has 0 unspecified atom stereocenters. The van der Waals surface area contributed by atoms with Gasteiger partial charge in [0, 0.05) is 34.9 Å². The summed E-state index contributed by atoms with van der Waals surface area (Å²) in [5.74, 6) is 0.859. The third-order valence-corrected chi connectivity index (χ3v) is 3.54. The molecule has 0 aliphatic carbocycles. The van der Waals surface area contributed by atoms with Crippen molar-refractivity contribution in [3.63, 3.8) is 0 Å². The number of halogens is 2. The lowest BCUT2D eigenvalue weighted by atomic mass is 10.2. The van der Waals surface area contributed by atoms with E-state index in [9.17, 15) is 0 Å². The van der Waals surface area contributed by atoms with Crippen LogP contribution in [0.1, 0.15) is 11.1 Å². The summed E-state index contributed by atoms with van der Waals surface area (Å²) in [4.78, 5) is 0. The van der Waals surface area contributed by atoms with Crippen LogP contribution in [-0.2, 0) is 13.1 Å². The van der Waals surface area contributed by atoms with Gasteiger partial charge in [0.25, 0.3) is 0 Å². The number of H-pyrrole nitrogens is 1. The summed E-state index contributed by atoms with van der Waals surface area (Å²) < 4.78 is 7.36. The molecule has 0 aliphatic rings. The van der Waals surface area contributed by atoms with E-state index in [1.165, 1.54) is 0 Å². The van der Waals surface area contributed by atoms with E-state index in [0.717, 1.165) is 38.9 Å². The molecule has 0 saturated heterocycles. The molecule has 2 N–H and O–H groups in total. The number of aromatic nitrogens is 2. The third-order valence-electron chi connectivity index (χ3n) is 2.49. The minimum absolute atomic E-state index is 0.729. The molecule has 1 heterocycles. The molecule has 2 rings (SSSR count). The summed E-state index contributed by atoms with van der Waals surface area (Å²) >= 11 is 6.97. The van der Waals surface area contributed by atoms with Crippen molar-refractivity contribution in [3.8, 4) is 5.75 Å². The Morgan fingerprint density at radius 3 is 2.83 bits per heavy atom. The second kappa shape index (κ2) is 6.36. The lowest BCUT2D eigenvalue weighted by molar-refractivity contribution is 0.405. The number of methoxy groups -OCH3 is 1. The fourth-order valence-electron chi connectivity index (χ4n) is 1.69. The van der Waals surface area contributed by atoms with Gasteiger partial charge in [-0.15, -0.1) is 0 Å². The Hall–Kier alpha value is -0.850. The van der Waals surface area contributed by atoms with Crippen LogP contribution in [0.15, 0.2) is 33.5 Å². The van der Waals surface area contributed by atoms with Crippen molar-refractivity contribution in [1.29, 1.82) is 0 Å². The second-order valence-corrected chi connectivity index (χ2v) is 5.56. The molecule has 0 saturated carbocycles. The van der Waals surface area contributed by atoms with Crippen molar-refractivity contribution < 1.29 is 4.74 Å². The Morgan fingerprint density at radius 2 is 2.17 bits per heavy atom. The van der Waals surface area contributed by atoms with E-state index in [2.05, 4.69) is 47.4 Å².